The third kappa shape index (κ3) is 2.96. The highest BCUT2D eigenvalue weighted by Gasteiger charge is 2.18. The van der Waals surface area contributed by atoms with E-state index in [1.807, 2.05) is 12.4 Å². The average molecular weight is 299 g/mol. The number of aromatic nitrogens is 3. The number of carbonyl (C=O) groups excluding carboxylic acids is 1. The van der Waals surface area contributed by atoms with Crippen molar-refractivity contribution in [3.8, 4) is 0 Å². The number of thiazole rings is 1. The van der Waals surface area contributed by atoms with E-state index in [9.17, 15) is 4.79 Å². The monoisotopic (exact) mass is 298 g/mol. The van der Waals surface area contributed by atoms with E-state index in [-0.39, 0.29) is 5.91 Å². The molecule has 0 radical (unpaired) electrons. The van der Waals surface area contributed by atoms with Gasteiger partial charge in [0.05, 0.1) is 21.9 Å². The fourth-order valence-corrected chi connectivity index (χ4v) is 2.85. The highest BCUT2D eigenvalue weighted by molar-refractivity contribution is 7.09. The van der Waals surface area contributed by atoms with Crippen LogP contribution in [0.3, 0.4) is 0 Å². The molecule has 2 rings (SSSR count). The van der Waals surface area contributed by atoms with E-state index in [1.54, 1.807) is 25.3 Å². The normalized spacial score (nSPS) is 10.7. The van der Waals surface area contributed by atoms with E-state index in [1.165, 1.54) is 9.56 Å². The first-order valence-electron chi connectivity index (χ1n) is 5.87. The predicted molar refractivity (Wildman–Crippen MR) is 75.8 cm³/mol. The van der Waals surface area contributed by atoms with Gasteiger partial charge in [-0.1, -0.05) is 11.6 Å². The SMILES string of the molecule is Cc1ncsc1CCNC(=O)c1c(Cl)c(C)nn1C. The summed E-state index contributed by atoms with van der Waals surface area (Å²) in [5.74, 6) is -0.199. The molecule has 0 aliphatic heterocycles. The van der Waals surface area contributed by atoms with Gasteiger partial charge in [0, 0.05) is 24.9 Å². The lowest BCUT2D eigenvalue weighted by Crippen LogP contribution is -2.27. The van der Waals surface area contributed by atoms with Crippen molar-refractivity contribution >= 4 is 28.8 Å². The van der Waals surface area contributed by atoms with Gasteiger partial charge < -0.3 is 5.32 Å². The second kappa shape index (κ2) is 5.71. The minimum atomic E-state index is -0.199. The maximum atomic E-state index is 12.0. The number of amides is 1. The summed E-state index contributed by atoms with van der Waals surface area (Å²) in [5, 5.41) is 7.38. The number of nitrogens with one attached hydrogen (secondary N) is 1. The number of nitrogens with zero attached hydrogens (tertiary/aromatic N) is 3. The Bertz CT molecular complexity index is 605. The molecule has 1 amide bonds. The number of carbonyl (C=O) groups is 1. The molecule has 0 saturated carbocycles. The van der Waals surface area contributed by atoms with Gasteiger partial charge in [0.15, 0.2) is 0 Å². The Balaban J connectivity index is 1.97. The van der Waals surface area contributed by atoms with Crippen molar-refractivity contribution in [3.05, 3.63) is 32.5 Å². The largest absolute Gasteiger partial charge is 0.350 e. The first-order valence-corrected chi connectivity index (χ1v) is 7.12. The van der Waals surface area contributed by atoms with Crippen LogP contribution in [0, 0.1) is 13.8 Å². The Morgan fingerprint density at radius 2 is 2.21 bits per heavy atom. The molecular weight excluding hydrogens is 284 g/mol. The number of rotatable bonds is 4. The molecule has 0 atom stereocenters. The van der Waals surface area contributed by atoms with Crippen molar-refractivity contribution in [2.24, 2.45) is 7.05 Å². The zero-order valence-corrected chi connectivity index (χ0v) is 12.6. The van der Waals surface area contributed by atoms with Gasteiger partial charge in [-0.2, -0.15) is 5.10 Å². The van der Waals surface area contributed by atoms with E-state index in [0.29, 0.717) is 23.0 Å². The fourth-order valence-electron chi connectivity index (χ4n) is 1.82. The first kappa shape index (κ1) is 14.0. The molecule has 5 nitrogen and oxygen atoms in total. The summed E-state index contributed by atoms with van der Waals surface area (Å²) < 4.78 is 1.50. The predicted octanol–water partition coefficient (Wildman–Crippen LogP) is 2.12. The summed E-state index contributed by atoms with van der Waals surface area (Å²) in [5.41, 5.74) is 3.90. The molecule has 0 aliphatic carbocycles. The molecule has 2 heterocycles. The van der Waals surface area contributed by atoms with Crippen LogP contribution in [-0.4, -0.2) is 27.2 Å². The maximum Gasteiger partial charge on any atom is 0.271 e. The summed E-state index contributed by atoms with van der Waals surface area (Å²) in [4.78, 5) is 17.4. The number of halogens is 1. The zero-order valence-electron chi connectivity index (χ0n) is 11.0. The fraction of sp³-hybridized carbons (Fsp3) is 0.417. The third-order valence-electron chi connectivity index (χ3n) is 2.85. The van der Waals surface area contributed by atoms with Gasteiger partial charge in [-0.3, -0.25) is 9.48 Å². The summed E-state index contributed by atoms with van der Waals surface area (Å²) in [7, 11) is 1.71. The van der Waals surface area contributed by atoms with Crippen LogP contribution in [0.25, 0.3) is 0 Å². The van der Waals surface area contributed by atoms with Crippen molar-refractivity contribution < 1.29 is 4.79 Å². The number of hydrogen-bond donors (Lipinski definition) is 1. The quantitative estimate of drug-likeness (QED) is 0.940. The summed E-state index contributed by atoms with van der Waals surface area (Å²) >= 11 is 7.66. The molecule has 0 bridgehead atoms. The highest BCUT2D eigenvalue weighted by Crippen LogP contribution is 2.19. The second-order valence-corrected chi connectivity index (χ2v) is 5.56. The van der Waals surface area contributed by atoms with Crippen LogP contribution in [0.15, 0.2) is 5.51 Å². The molecule has 0 fully saturated rings. The highest BCUT2D eigenvalue weighted by atomic mass is 35.5. The molecular formula is C12H15ClN4OS. The maximum absolute atomic E-state index is 12.0. The number of hydrogen-bond acceptors (Lipinski definition) is 4. The molecule has 0 aromatic carbocycles. The van der Waals surface area contributed by atoms with Crippen LogP contribution < -0.4 is 5.32 Å². The molecule has 2 aromatic rings. The summed E-state index contributed by atoms with van der Waals surface area (Å²) in [6, 6.07) is 0. The van der Waals surface area contributed by atoms with Gasteiger partial charge in [-0.15, -0.1) is 11.3 Å². The van der Waals surface area contributed by atoms with Gasteiger partial charge in [-0.25, -0.2) is 4.98 Å². The lowest BCUT2D eigenvalue weighted by atomic mass is 10.3. The smallest absolute Gasteiger partial charge is 0.271 e. The molecule has 19 heavy (non-hydrogen) atoms. The van der Waals surface area contributed by atoms with Crippen LogP contribution in [0.5, 0.6) is 0 Å². The van der Waals surface area contributed by atoms with Crippen LogP contribution in [0.4, 0.5) is 0 Å². The second-order valence-electron chi connectivity index (χ2n) is 4.24. The lowest BCUT2D eigenvalue weighted by Gasteiger charge is -2.05. The molecule has 2 aromatic heterocycles. The van der Waals surface area contributed by atoms with Gasteiger partial charge in [0.1, 0.15) is 5.69 Å². The van der Waals surface area contributed by atoms with E-state index < -0.39 is 0 Å². The van der Waals surface area contributed by atoms with Crippen molar-refractivity contribution in [2.45, 2.75) is 20.3 Å². The Hall–Kier alpha value is -1.40. The Morgan fingerprint density at radius 1 is 1.47 bits per heavy atom. The molecule has 7 heteroatoms. The standard InChI is InChI=1S/C12H15ClN4OS/c1-7-9(19-6-15-7)4-5-14-12(18)11-10(13)8(2)16-17(11)3/h6H,4-5H2,1-3H3,(H,14,18). The van der Waals surface area contributed by atoms with Crippen molar-refractivity contribution in [2.75, 3.05) is 6.54 Å². The molecule has 0 aliphatic rings. The molecule has 0 spiro atoms. The van der Waals surface area contributed by atoms with E-state index in [2.05, 4.69) is 15.4 Å². The third-order valence-corrected chi connectivity index (χ3v) is 4.29. The van der Waals surface area contributed by atoms with Gasteiger partial charge in [-0.05, 0) is 13.8 Å². The lowest BCUT2D eigenvalue weighted by molar-refractivity contribution is 0.0945. The number of aryl methyl sites for hydroxylation is 3. The van der Waals surface area contributed by atoms with E-state index in [4.69, 9.17) is 11.6 Å². The van der Waals surface area contributed by atoms with Gasteiger partial charge in [0.2, 0.25) is 0 Å². The van der Waals surface area contributed by atoms with Crippen molar-refractivity contribution in [1.29, 1.82) is 0 Å². The Labute approximate surface area is 120 Å². The Morgan fingerprint density at radius 3 is 2.74 bits per heavy atom. The molecule has 0 unspecified atom stereocenters. The van der Waals surface area contributed by atoms with Crippen molar-refractivity contribution in [3.63, 3.8) is 0 Å². The van der Waals surface area contributed by atoms with Crippen molar-refractivity contribution in [1.82, 2.24) is 20.1 Å². The minimum absolute atomic E-state index is 0.199. The Kier molecular flexibility index (Phi) is 4.21. The minimum Gasteiger partial charge on any atom is -0.350 e. The first-order chi connectivity index (χ1) is 9.00. The van der Waals surface area contributed by atoms with Crippen LogP contribution in [-0.2, 0) is 13.5 Å². The van der Waals surface area contributed by atoms with E-state index >= 15 is 0 Å². The zero-order chi connectivity index (χ0) is 14.0. The van der Waals surface area contributed by atoms with Crippen LogP contribution in [0.2, 0.25) is 5.02 Å². The molecule has 102 valence electrons. The van der Waals surface area contributed by atoms with Gasteiger partial charge in [0.25, 0.3) is 5.91 Å². The average Bonchev–Trinajstić information content (AvgIpc) is 2.85. The summed E-state index contributed by atoms with van der Waals surface area (Å²) in [6.45, 7) is 4.30. The molecule has 0 saturated heterocycles. The van der Waals surface area contributed by atoms with E-state index in [0.717, 1.165) is 12.1 Å². The topological polar surface area (TPSA) is 59.8 Å². The van der Waals surface area contributed by atoms with Gasteiger partial charge >= 0.3 is 0 Å². The molecule has 1 N–H and O–H groups in total. The summed E-state index contributed by atoms with van der Waals surface area (Å²) in [6.07, 6.45) is 0.774. The van der Waals surface area contributed by atoms with Crippen LogP contribution >= 0.6 is 22.9 Å². The van der Waals surface area contributed by atoms with Crippen LogP contribution in [0.1, 0.15) is 26.8 Å².